The van der Waals surface area contributed by atoms with Gasteiger partial charge in [0.15, 0.2) is 0 Å². The van der Waals surface area contributed by atoms with E-state index in [0.29, 0.717) is 0 Å². The van der Waals surface area contributed by atoms with Crippen molar-refractivity contribution in [2.75, 3.05) is 0 Å². The number of hydrogen-bond donors (Lipinski definition) is 1. The van der Waals surface area contributed by atoms with E-state index in [-0.39, 0.29) is 0 Å². The molecule has 0 aromatic heterocycles. The lowest BCUT2D eigenvalue weighted by atomic mass is 10.2. The first kappa shape index (κ1) is 8.85. The maximum Gasteiger partial charge on any atom is 0.0374 e. The van der Waals surface area contributed by atoms with Gasteiger partial charge in [0, 0.05) is 5.70 Å². The Bertz CT molecular complexity index is 267. The van der Waals surface area contributed by atoms with Crippen molar-refractivity contribution in [2.24, 2.45) is 0 Å². The molecular formula is C11H15N. The van der Waals surface area contributed by atoms with Crippen LogP contribution in [0.15, 0.2) is 47.9 Å². The monoisotopic (exact) mass is 161 g/mol. The van der Waals surface area contributed by atoms with E-state index in [9.17, 15) is 0 Å². The molecule has 0 saturated carbocycles. The molecule has 1 aliphatic carbocycles. The van der Waals surface area contributed by atoms with Gasteiger partial charge in [-0.1, -0.05) is 18.7 Å². The van der Waals surface area contributed by atoms with E-state index in [4.69, 9.17) is 0 Å². The van der Waals surface area contributed by atoms with Crippen molar-refractivity contribution >= 4 is 0 Å². The topological polar surface area (TPSA) is 12.0 Å². The van der Waals surface area contributed by atoms with Crippen LogP contribution in [0, 0.1) is 0 Å². The molecule has 1 heteroatoms. The SMILES string of the molecule is C=CNC1=C(C)CC=CC(C)=C1. The molecule has 0 saturated heterocycles. The molecule has 64 valence electrons. The summed E-state index contributed by atoms with van der Waals surface area (Å²) in [7, 11) is 0. The number of hydrogen-bond acceptors (Lipinski definition) is 1. The summed E-state index contributed by atoms with van der Waals surface area (Å²) in [5, 5.41) is 3.13. The zero-order valence-corrected chi connectivity index (χ0v) is 7.72. The number of allylic oxidation sites excluding steroid dienone is 5. The van der Waals surface area contributed by atoms with Crippen molar-refractivity contribution in [3.63, 3.8) is 0 Å². The minimum absolute atomic E-state index is 1.02. The first-order chi connectivity index (χ1) is 5.74. The van der Waals surface area contributed by atoms with Crippen molar-refractivity contribution in [2.45, 2.75) is 20.3 Å². The maximum absolute atomic E-state index is 3.65. The lowest BCUT2D eigenvalue weighted by molar-refractivity contribution is 1.04. The van der Waals surface area contributed by atoms with Gasteiger partial charge in [-0.3, -0.25) is 0 Å². The molecule has 1 rings (SSSR count). The molecule has 0 heterocycles. The van der Waals surface area contributed by atoms with Gasteiger partial charge in [-0.15, -0.1) is 0 Å². The molecule has 0 aromatic carbocycles. The molecule has 0 atom stereocenters. The van der Waals surface area contributed by atoms with Gasteiger partial charge in [0.2, 0.25) is 0 Å². The fourth-order valence-corrected chi connectivity index (χ4v) is 1.21. The Morgan fingerprint density at radius 2 is 2.25 bits per heavy atom. The van der Waals surface area contributed by atoms with Crippen LogP contribution in [0.2, 0.25) is 0 Å². The average Bonchev–Trinajstić information content (AvgIpc) is 2.16. The summed E-state index contributed by atoms with van der Waals surface area (Å²) < 4.78 is 0. The highest BCUT2D eigenvalue weighted by atomic mass is 14.8. The average molecular weight is 161 g/mol. The van der Waals surface area contributed by atoms with Crippen LogP contribution < -0.4 is 5.32 Å². The van der Waals surface area contributed by atoms with Crippen LogP contribution in [0.4, 0.5) is 0 Å². The predicted molar refractivity (Wildman–Crippen MR) is 53.5 cm³/mol. The van der Waals surface area contributed by atoms with E-state index in [1.54, 1.807) is 6.20 Å². The molecule has 0 radical (unpaired) electrons. The molecule has 0 fully saturated rings. The molecule has 0 bridgehead atoms. The summed E-state index contributed by atoms with van der Waals surface area (Å²) >= 11 is 0. The van der Waals surface area contributed by atoms with Crippen molar-refractivity contribution in [3.8, 4) is 0 Å². The van der Waals surface area contributed by atoms with Crippen LogP contribution in [0.25, 0.3) is 0 Å². The lowest BCUT2D eigenvalue weighted by Gasteiger charge is -2.05. The zero-order valence-electron chi connectivity index (χ0n) is 7.72. The summed E-state index contributed by atoms with van der Waals surface area (Å²) in [5.74, 6) is 0. The second-order valence-corrected chi connectivity index (χ2v) is 3.04. The summed E-state index contributed by atoms with van der Waals surface area (Å²) in [6.07, 6.45) is 9.19. The summed E-state index contributed by atoms with van der Waals surface area (Å²) in [5.41, 5.74) is 3.80. The van der Waals surface area contributed by atoms with Crippen molar-refractivity contribution < 1.29 is 0 Å². The quantitative estimate of drug-likeness (QED) is 0.656. The second kappa shape index (κ2) is 3.96. The third-order valence-corrected chi connectivity index (χ3v) is 1.89. The number of nitrogens with one attached hydrogen (secondary N) is 1. The molecule has 1 N–H and O–H groups in total. The van der Waals surface area contributed by atoms with E-state index in [1.807, 2.05) is 0 Å². The van der Waals surface area contributed by atoms with Gasteiger partial charge in [0.05, 0.1) is 0 Å². The van der Waals surface area contributed by atoms with Crippen molar-refractivity contribution in [3.05, 3.63) is 47.9 Å². The second-order valence-electron chi connectivity index (χ2n) is 3.04. The highest BCUT2D eigenvalue weighted by molar-refractivity contribution is 5.35. The molecule has 12 heavy (non-hydrogen) atoms. The van der Waals surface area contributed by atoms with Gasteiger partial charge in [0.25, 0.3) is 0 Å². The van der Waals surface area contributed by atoms with Crippen LogP contribution in [-0.4, -0.2) is 0 Å². The fraction of sp³-hybridized carbons (Fsp3) is 0.273. The molecule has 0 aromatic rings. The minimum Gasteiger partial charge on any atom is -0.362 e. The van der Waals surface area contributed by atoms with Gasteiger partial charge < -0.3 is 5.32 Å². The Balaban J connectivity index is 2.92. The van der Waals surface area contributed by atoms with E-state index in [0.717, 1.165) is 6.42 Å². The highest BCUT2D eigenvalue weighted by Gasteiger charge is 1.99. The van der Waals surface area contributed by atoms with Crippen LogP contribution in [0.1, 0.15) is 20.3 Å². The van der Waals surface area contributed by atoms with E-state index >= 15 is 0 Å². The first-order valence-electron chi connectivity index (χ1n) is 4.16. The van der Waals surface area contributed by atoms with Gasteiger partial charge in [-0.25, -0.2) is 0 Å². The van der Waals surface area contributed by atoms with Gasteiger partial charge in [0.1, 0.15) is 0 Å². The summed E-state index contributed by atoms with van der Waals surface area (Å²) in [4.78, 5) is 0. The van der Waals surface area contributed by atoms with Crippen molar-refractivity contribution in [1.82, 2.24) is 5.32 Å². The zero-order chi connectivity index (χ0) is 8.97. The molecular weight excluding hydrogens is 146 g/mol. The van der Waals surface area contributed by atoms with E-state index < -0.39 is 0 Å². The third-order valence-electron chi connectivity index (χ3n) is 1.89. The maximum atomic E-state index is 3.65. The first-order valence-corrected chi connectivity index (χ1v) is 4.16. The Hall–Kier alpha value is -1.24. The third kappa shape index (κ3) is 2.12. The smallest absolute Gasteiger partial charge is 0.0374 e. The Kier molecular flexibility index (Phi) is 2.92. The summed E-state index contributed by atoms with van der Waals surface area (Å²) in [6, 6.07) is 0. The molecule has 1 aliphatic rings. The lowest BCUT2D eigenvalue weighted by Crippen LogP contribution is -2.04. The standard InChI is InChI=1S/C11H15N/c1-4-12-11-8-9(2)6-5-7-10(11)3/h4-6,8,12H,1,7H2,2-3H3. The Morgan fingerprint density at radius 3 is 2.92 bits per heavy atom. The molecule has 0 unspecified atom stereocenters. The highest BCUT2D eigenvalue weighted by Crippen LogP contribution is 2.15. The van der Waals surface area contributed by atoms with Crippen LogP contribution in [-0.2, 0) is 0 Å². The molecule has 1 nitrogen and oxygen atoms in total. The van der Waals surface area contributed by atoms with Gasteiger partial charge in [-0.05, 0) is 43.7 Å². The van der Waals surface area contributed by atoms with Gasteiger partial charge in [-0.2, -0.15) is 0 Å². The molecule has 0 spiro atoms. The minimum atomic E-state index is 1.02. The Morgan fingerprint density at radius 1 is 1.50 bits per heavy atom. The fourth-order valence-electron chi connectivity index (χ4n) is 1.21. The largest absolute Gasteiger partial charge is 0.362 e. The summed E-state index contributed by atoms with van der Waals surface area (Å²) in [6.45, 7) is 7.88. The van der Waals surface area contributed by atoms with Crippen LogP contribution >= 0.6 is 0 Å². The Labute approximate surface area is 74.2 Å². The van der Waals surface area contributed by atoms with Crippen LogP contribution in [0.3, 0.4) is 0 Å². The van der Waals surface area contributed by atoms with E-state index in [1.165, 1.54) is 16.8 Å². The van der Waals surface area contributed by atoms with E-state index in [2.05, 4.69) is 44.0 Å². The molecule has 0 aliphatic heterocycles. The molecule has 0 amide bonds. The van der Waals surface area contributed by atoms with Crippen molar-refractivity contribution in [1.29, 1.82) is 0 Å². The predicted octanol–water partition coefficient (Wildman–Crippen LogP) is 2.90. The van der Waals surface area contributed by atoms with Gasteiger partial charge >= 0.3 is 0 Å². The van der Waals surface area contributed by atoms with Crippen LogP contribution in [0.5, 0.6) is 0 Å². The normalized spacial score (nSPS) is 17.0. The number of rotatable bonds is 2.